The predicted octanol–water partition coefficient (Wildman–Crippen LogP) is 1.86. The van der Waals surface area contributed by atoms with Crippen LogP contribution in [0.5, 0.6) is 0 Å². The van der Waals surface area contributed by atoms with E-state index in [1.54, 1.807) is 18.2 Å². The fourth-order valence-corrected chi connectivity index (χ4v) is 3.96. The van der Waals surface area contributed by atoms with Gasteiger partial charge in [-0.1, -0.05) is 30.3 Å². The van der Waals surface area contributed by atoms with Crippen molar-refractivity contribution in [1.29, 1.82) is 0 Å². The SMILES string of the molecule is NC(=O)C(F)(F)C(CN1CCCC1)C(O)(OC1CCOCC1)c1ccccc1. The molecule has 3 rings (SSSR count). The summed E-state index contributed by atoms with van der Waals surface area (Å²) >= 11 is 0. The van der Waals surface area contributed by atoms with Gasteiger partial charge in [0.25, 0.3) is 5.91 Å². The van der Waals surface area contributed by atoms with Crippen LogP contribution < -0.4 is 5.73 Å². The molecule has 8 heteroatoms. The highest BCUT2D eigenvalue weighted by Crippen LogP contribution is 2.43. The van der Waals surface area contributed by atoms with Gasteiger partial charge in [0.15, 0.2) is 0 Å². The number of rotatable bonds is 8. The maximum absolute atomic E-state index is 15.0. The minimum absolute atomic E-state index is 0.187. The minimum atomic E-state index is -3.95. The summed E-state index contributed by atoms with van der Waals surface area (Å²) in [5.74, 6) is -9.90. The standard InChI is InChI=1S/C20H28F2N2O4/c21-19(22,18(23)25)17(14-24-10-4-5-11-24)20(26,15-6-2-1-3-7-15)28-16-8-12-27-13-9-16/h1-3,6-7,16-17,26H,4-5,8-14H2,(H2,23,25). The van der Waals surface area contributed by atoms with Crippen LogP contribution in [0.4, 0.5) is 8.78 Å². The molecular weight excluding hydrogens is 370 g/mol. The fraction of sp³-hybridized carbons (Fsp3) is 0.650. The fourth-order valence-electron chi connectivity index (χ4n) is 3.96. The number of hydrogen-bond donors (Lipinski definition) is 2. The van der Waals surface area contributed by atoms with Crippen molar-refractivity contribution in [3.8, 4) is 0 Å². The molecule has 2 atom stereocenters. The van der Waals surface area contributed by atoms with Gasteiger partial charge in [0.1, 0.15) is 5.92 Å². The molecule has 2 aliphatic heterocycles. The molecule has 0 radical (unpaired) electrons. The number of benzene rings is 1. The Labute approximate surface area is 163 Å². The van der Waals surface area contributed by atoms with Gasteiger partial charge in [-0.15, -0.1) is 0 Å². The molecule has 0 spiro atoms. The van der Waals surface area contributed by atoms with E-state index in [1.807, 2.05) is 4.90 Å². The molecule has 1 amide bonds. The van der Waals surface area contributed by atoms with Crippen LogP contribution in [0.3, 0.4) is 0 Å². The largest absolute Gasteiger partial charge is 0.381 e. The maximum Gasteiger partial charge on any atom is 0.333 e. The first-order valence-electron chi connectivity index (χ1n) is 9.77. The van der Waals surface area contributed by atoms with Gasteiger partial charge in [0.2, 0.25) is 5.79 Å². The van der Waals surface area contributed by atoms with Crippen LogP contribution in [0.1, 0.15) is 31.2 Å². The summed E-state index contributed by atoms with van der Waals surface area (Å²) in [6, 6.07) is 8.08. The maximum atomic E-state index is 15.0. The first kappa shape index (κ1) is 21.1. The van der Waals surface area contributed by atoms with Gasteiger partial charge in [-0.05, 0) is 38.8 Å². The number of alkyl halides is 2. The molecule has 6 nitrogen and oxygen atoms in total. The van der Waals surface area contributed by atoms with E-state index in [0.717, 1.165) is 12.8 Å². The molecular formula is C20H28F2N2O4. The Bertz CT molecular complexity index is 649. The van der Waals surface area contributed by atoms with E-state index >= 15 is 8.78 Å². The molecule has 156 valence electrons. The Balaban J connectivity index is 2.00. The van der Waals surface area contributed by atoms with E-state index in [1.165, 1.54) is 12.1 Å². The third kappa shape index (κ3) is 4.51. The van der Waals surface area contributed by atoms with E-state index in [9.17, 15) is 9.90 Å². The Morgan fingerprint density at radius 1 is 1.25 bits per heavy atom. The van der Waals surface area contributed by atoms with Crippen LogP contribution >= 0.6 is 0 Å². The van der Waals surface area contributed by atoms with Crippen LogP contribution in [0.25, 0.3) is 0 Å². The molecule has 0 aromatic heterocycles. The summed E-state index contributed by atoms with van der Waals surface area (Å²) in [4.78, 5) is 13.5. The lowest BCUT2D eigenvalue weighted by Crippen LogP contribution is -2.58. The van der Waals surface area contributed by atoms with Crippen molar-refractivity contribution in [3.63, 3.8) is 0 Å². The molecule has 2 heterocycles. The lowest BCUT2D eigenvalue weighted by atomic mass is 9.85. The number of aliphatic hydroxyl groups is 1. The van der Waals surface area contributed by atoms with Crippen LogP contribution in [0, 0.1) is 5.92 Å². The zero-order valence-electron chi connectivity index (χ0n) is 15.9. The summed E-state index contributed by atoms with van der Waals surface area (Å²) in [6.45, 7) is 1.93. The Morgan fingerprint density at radius 3 is 2.43 bits per heavy atom. The number of carbonyl (C=O) groups excluding carboxylic acids is 1. The Kier molecular flexibility index (Phi) is 6.65. The summed E-state index contributed by atoms with van der Waals surface area (Å²) in [6.07, 6.45) is 2.28. The quantitative estimate of drug-likeness (QED) is 0.653. The molecule has 28 heavy (non-hydrogen) atoms. The first-order valence-corrected chi connectivity index (χ1v) is 9.77. The number of nitrogens with zero attached hydrogens (tertiary/aromatic N) is 1. The van der Waals surface area contributed by atoms with E-state index in [-0.39, 0.29) is 12.1 Å². The average Bonchev–Trinajstić information content (AvgIpc) is 3.20. The summed E-state index contributed by atoms with van der Waals surface area (Å²) in [5, 5.41) is 11.6. The lowest BCUT2D eigenvalue weighted by molar-refractivity contribution is -0.310. The summed E-state index contributed by atoms with van der Waals surface area (Å²) in [7, 11) is 0. The van der Waals surface area contributed by atoms with Crippen LogP contribution in [-0.2, 0) is 20.1 Å². The Hall–Kier alpha value is -1.61. The van der Waals surface area contributed by atoms with Gasteiger partial charge >= 0.3 is 5.92 Å². The molecule has 0 aliphatic carbocycles. The van der Waals surface area contributed by atoms with Crippen molar-refractivity contribution in [2.24, 2.45) is 11.7 Å². The third-order valence-corrected chi connectivity index (χ3v) is 5.58. The smallest absolute Gasteiger partial charge is 0.333 e. The average molecular weight is 398 g/mol. The molecule has 0 bridgehead atoms. The van der Waals surface area contributed by atoms with Crippen molar-refractivity contribution >= 4 is 5.91 Å². The van der Waals surface area contributed by atoms with Crippen LogP contribution in [0.15, 0.2) is 30.3 Å². The van der Waals surface area contributed by atoms with Crippen LogP contribution in [-0.4, -0.2) is 60.8 Å². The number of primary amides is 1. The highest BCUT2D eigenvalue weighted by atomic mass is 19.3. The third-order valence-electron chi connectivity index (χ3n) is 5.58. The van der Waals surface area contributed by atoms with Gasteiger partial charge < -0.3 is 25.2 Å². The highest BCUT2D eigenvalue weighted by molar-refractivity contribution is 5.82. The molecule has 2 unspecified atom stereocenters. The normalized spacial score (nSPS) is 22.7. The Morgan fingerprint density at radius 2 is 1.86 bits per heavy atom. The number of carbonyl (C=O) groups is 1. The van der Waals surface area contributed by atoms with E-state index in [4.69, 9.17) is 15.2 Å². The number of hydrogen-bond acceptors (Lipinski definition) is 5. The molecule has 3 N–H and O–H groups in total. The van der Waals surface area contributed by atoms with E-state index in [2.05, 4.69) is 0 Å². The van der Waals surface area contributed by atoms with Crippen molar-refractivity contribution in [2.75, 3.05) is 32.8 Å². The van der Waals surface area contributed by atoms with Gasteiger partial charge in [-0.25, -0.2) is 0 Å². The van der Waals surface area contributed by atoms with Crippen molar-refractivity contribution in [3.05, 3.63) is 35.9 Å². The van der Waals surface area contributed by atoms with Crippen molar-refractivity contribution in [2.45, 2.75) is 43.5 Å². The number of nitrogens with two attached hydrogens (primary N) is 1. The highest BCUT2D eigenvalue weighted by Gasteiger charge is 2.58. The molecule has 2 fully saturated rings. The minimum Gasteiger partial charge on any atom is -0.381 e. The van der Waals surface area contributed by atoms with E-state index in [0.29, 0.717) is 39.1 Å². The molecule has 2 saturated heterocycles. The molecule has 1 aromatic carbocycles. The predicted molar refractivity (Wildman–Crippen MR) is 98.6 cm³/mol. The number of halogens is 2. The van der Waals surface area contributed by atoms with Gasteiger partial charge in [0.05, 0.1) is 6.10 Å². The zero-order valence-corrected chi connectivity index (χ0v) is 15.9. The number of likely N-dealkylation sites (tertiary alicyclic amines) is 1. The molecule has 1 aromatic rings. The second kappa shape index (κ2) is 8.82. The molecule has 2 aliphatic rings. The topological polar surface area (TPSA) is 85.0 Å². The van der Waals surface area contributed by atoms with Crippen molar-refractivity contribution in [1.82, 2.24) is 4.90 Å². The lowest BCUT2D eigenvalue weighted by Gasteiger charge is -2.43. The van der Waals surface area contributed by atoms with Gasteiger partial charge in [-0.3, -0.25) is 4.79 Å². The summed E-state index contributed by atoms with van der Waals surface area (Å²) < 4.78 is 41.3. The van der Waals surface area contributed by atoms with Crippen LogP contribution in [0.2, 0.25) is 0 Å². The summed E-state index contributed by atoms with van der Waals surface area (Å²) in [5.41, 5.74) is 5.25. The second-order valence-electron chi connectivity index (χ2n) is 7.54. The second-order valence-corrected chi connectivity index (χ2v) is 7.54. The van der Waals surface area contributed by atoms with Gasteiger partial charge in [-0.2, -0.15) is 8.78 Å². The van der Waals surface area contributed by atoms with Crippen molar-refractivity contribution < 1.29 is 28.2 Å². The van der Waals surface area contributed by atoms with E-state index < -0.39 is 29.6 Å². The number of ether oxygens (including phenoxy) is 2. The number of amides is 1. The van der Waals surface area contributed by atoms with Gasteiger partial charge in [0, 0.05) is 25.3 Å². The monoisotopic (exact) mass is 398 g/mol. The zero-order chi connectivity index (χ0) is 20.2. The molecule has 0 saturated carbocycles. The first-order chi connectivity index (χ1) is 13.3.